The van der Waals surface area contributed by atoms with Crippen molar-refractivity contribution in [1.82, 2.24) is 14.5 Å². The van der Waals surface area contributed by atoms with Crippen molar-refractivity contribution in [3.8, 4) is 17.5 Å². The van der Waals surface area contributed by atoms with Crippen LogP contribution in [0.15, 0.2) is 54.7 Å². The molecule has 0 amide bonds. The van der Waals surface area contributed by atoms with Gasteiger partial charge in [-0.1, -0.05) is 12.1 Å². The number of hydrogen-bond acceptors (Lipinski definition) is 8. The average Bonchev–Trinajstić information content (AvgIpc) is 3.39. The molecular weight excluding hydrogens is 543 g/mol. The summed E-state index contributed by atoms with van der Waals surface area (Å²) >= 11 is 0. The van der Waals surface area contributed by atoms with E-state index in [2.05, 4.69) is 19.5 Å². The van der Waals surface area contributed by atoms with Gasteiger partial charge in [-0.25, -0.2) is 0 Å². The first-order chi connectivity index (χ1) is 19.7. The molecule has 1 saturated heterocycles. The van der Waals surface area contributed by atoms with Crippen LogP contribution >= 0.6 is 0 Å². The lowest BCUT2D eigenvalue weighted by Crippen LogP contribution is -2.46. The number of alkyl halides is 3. The predicted molar refractivity (Wildman–Crippen MR) is 145 cm³/mol. The van der Waals surface area contributed by atoms with Crippen LogP contribution in [-0.2, 0) is 13.0 Å². The van der Waals surface area contributed by atoms with Crippen molar-refractivity contribution in [3.05, 3.63) is 70.4 Å². The van der Waals surface area contributed by atoms with Crippen LogP contribution in [0.3, 0.4) is 0 Å². The number of nitrogens with zero attached hydrogens (tertiary/aromatic N) is 5. The molecule has 0 spiro atoms. The maximum atomic E-state index is 12.3. The highest BCUT2D eigenvalue weighted by Crippen LogP contribution is 2.26. The third-order valence-corrected chi connectivity index (χ3v) is 7.24. The van der Waals surface area contributed by atoms with Crippen LogP contribution in [0.2, 0.25) is 0 Å². The minimum atomic E-state index is -4.67. The summed E-state index contributed by atoms with van der Waals surface area (Å²) in [6.45, 7) is 5.70. The van der Waals surface area contributed by atoms with Crippen molar-refractivity contribution in [2.75, 3.05) is 44.2 Å². The van der Waals surface area contributed by atoms with E-state index in [-0.39, 0.29) is 23.7 Å². The number of anilines is 1. The fourth-order valence-electron chi connectivity index (χ4n) is 5.03. The van der Waals surface area contributed by atoms with Gasteiger partial charge in [0, 0.05) is 49.8 Å². The zero-order valence-electron chi connectivity index (χ0n) is 22.5. The number of hydrogen-bond donors (Lipinski definition) is 0. The van der Waals surface area contributed by atoms with Crippen molar-refractivity contribution < 1.29 is 32.3 Å². The molecular formula is C28H32F3N5O5. The van der Waals surface area contributed by atoms with E-state index in [1.165, 1.54) is 18.3 Å². The summed E-state index contributed by atoms with van der Waals surface area (Å²) in [5.41, 5.74) is 2.14. The van der Waals surface area contributed by atoms with Gasteiger partial charge in [-0.2, -0.15) is 0 Å². The van der Waals surface area contributed by atoms with Gasteiger partial charge in [0.2, 0.25) is 0 Å². The highest BCUT2D eigenvalue weighted by Gasteiger charge is 2.31. The SMILES string of the molecule is O=[N+]([O-])c1cn2c(n1)OC(COc1ccc(N3CCN(CCCCc4ccc(OC(F)(F)F)cc4)CC3)cc1)CC2. The Bertz CT molecular complexity index is 1290. The number of nitro groups is 1. The number of halogens is 3. The predicted octanol–water partition coefficient (Wildman–Crippen LogP) is 5.06. The lowest BCUT2D eigenvalue weighted by Gasteiger charge is -2.36. The number of piperazine rings is 1. The Labute approximate surface area is 235 Å². The Kier molecular flexibility index (Phi) is 8.81. The van der Waals surface area contributed by atoms with E-state index in [1.807, 2.05) is 24.3 Å². The van der Waals surface area contributed by atoms with Crippen LogP contribution in [0.1, 0.15) is 24.8 Å². The number of aryl methyl sites for hydroxylation is 2. The first-order valence-corrected chi connectivity index (χ1v) is 13.6. The largest absolute Gasteiger partial charge is 0.573 e. The smallest absolute Gasteiger partial charge is 0.490 e. The molecule has 3 aromatic rings. The molecule has 10 nitrogen and oxygen atoms in total. The van der Waals surface area contributed by atoms with Crippen LogP contribution in [0.4, 0.5) is 24.7 Å². The van der Waals surface area contributed by atoms with Gasteiger partial charge < -0.3 is 29.2 Å². The van der Waals surface area contributed by atoms with Gasteiger partial charge in [-0.15, -0.1) is 13.2 Å². The number of fused-ring (bicyclic) bond motifs is 1. The molecule has 1 unspecified atom stereocenters. The molecule has 0 N–H and O–H groups in total. The molecule has 2 aliphatic heterocycles. The molecule has 1 atom stereocenters. The van der Waals surface area contributed by atoms with E-state index in [9.17, 15) is 23.3 Å². The van der Waals surface area contributed by atoms with E-state index in [4.69, 9.17) is 9.47 Å². The van der Waals surface area contributed by atoms with Crippen LogP contribution in [0, 0.1) is 10.1 Å². The highest BCUT2D eigenvalue weighted by molar-refractivity contribution is 5.49. The number of aromatic nitrogens is 2. The van der Waals surface area contributed by atoms with E-state index in [1.54, 1.807) is 16.7 Å². The third-order valence-electron chi connectivity index (χ3n) is 7.24. The number of ether oxygens (including phenoxy) is 3. The Morgan fingerprint density at radius 3 is 2.37 bits per heavy atom. The lowest BCUT2D eigenvalue weighted by molar-refractivity contribution is -0.389. The van der Waals surface area contributed by atoms with Crippen LogP contribution in [0.25, 0.3) is 0 Å². The van der Waals surface area contributed by atoms with Gasteiger partial charge in [0.1, 0.15) is 30.4 Å². The average molecular weight is 576 g/mol. The molecule has 1 fully saturated rings. The van der Waals surface area contributed by atoms with Crippen molar-refractivity contribution in [2.45, 2.75) is 44.7 Å². The van der Waals surface area contributed by atoms with Gasteiger partial charge in [0.15, 0.2) is 0 Å². The van der Waals surface area contributed by atoms with Crippen molar-refractivity contribution in [2.24, 2.45) is 0 Å². The second-order valence-corrected chi connectivity index (χ2v) is 10.1. The first kappa shape index (κ1) is 28.5. The van der Waals surface area contributed by atoms with E-state index in [0.29, 0.717) is 19.6 Å². The van der Waals surface area contributed by atoms with Gasteiger partial charge in [0.05, 0.1) is 0 Å². The van der Waals surface area contributed by atoms with E-state index in [0.717, 1.165) is 69.0 Å². The summed E-state index contributed by atoms with van der Waals surface area (Å²) in [4.78, 5) is 19.1. The minimum Gasteiger partial charge on any atom is -0.490 e. The number of unbranched alkanes of at least 4 members (excludes halogenated alkanes) is 1. The quantitative estimate of drug-likeness (QED) is 0.178. The molecule has 0 radical (unpaired) electrons. The van der Waals surface area contributed by atoms with Crippen molar-refractivity contribution in [1.29, 1.82) is 0 Å². The third kappa shape index (κ3) is 8.03. The Morgan fingerprint density at radius 2 is 1.68 bits per heavy atom. The molecule has 1 aromatic heterocycles. The van der Waals surface area contributed by atoms with E-state index >= 15 is 0 Å². The first-order valence-electron chi connectivity index (χ1n) is 13.6. The molecule has 5 rings (SSSR count). The van der Waals surface area contributed by atoms with Crippen LogP contribution < -0.4 is 19.1 Å². The molecule has 0 bridgehead atoms. The van der Waals surface area contributed by atoms with Gasteiger partial charge in [-0.05, 0) is 72.7 Å². The lowest BCUT2D eigenvalue weighted by atomic mass is 10.1. The monoisotopic (exact) mass is 575 g/mol. The van der Waals surface area contributed by atoms with Crippen molar-refractivity contribution in [3.63, 3.8) is 0 Å². The molecule has 2 aromatic carbocycles. The summed E-state index contributed by atoms with van der Waals surface area (Å²) < 4.78 is 54.1. The fourth-order valence-corrected chi connectivity index (χ4v) is 5.03. The maximum absolute atomic E-state index is 12.3. The molecule has 41 heavy (non-hydrogen) atoms. The number of benzene rings is 2. The van der Waals surface area contributed by atoms with E-state index < -0.39 is 11.3 Å². The fraction of sp³-hybridized carbons (Fsp3) is 0.464. The van der Waals surface area contributed by atoms with Crippen LogP contribution in [-0.4, -0.2) is 71.2 Å². The normalized spacial score (nSPS) is 17.5. The second-order valence-electron chi connectivity index (χ2n) is 10.1. The van der Waals surface area contributed by atoms with Crippen molar-refractivity contribution >= 4 is 11.5 Å². The Balaban J connectivity index is 0.981. The molecule has 3 heterocycles. The Morgan fingerprint density at radius 1 is 0.976 bits per heavy atom. The minimum absolute atomic E-state index is 0.193. The number of rotatable bonds is 11. The molecule has 0 saturated carbocycles. The zero-order chi connectivity index (χ0) is 28.8. The van der Waals surface area contributed by atoms with Gasteiger partial charge in [-0.3, -0.25) is 9.47 Å². The second kappa shape index (κ2) is 12.7. The summed E-state index contributed by atoms with van der Waals surface area (Å²) in [7, 11) is 0. The van der Waals surface area contributed by atoms with Gasteiger partial charge in [0.25, 0.3) is 0 Å². The topological polar surface area (TPSA) is 95.1 Å². The number of imidazole rings is 1. The van der Waals surface area contributed by atoms with Gasteiger partial charge >= 0.3 is 18.2 Å². The Hall–Kier alpha value is -4.00. The highest BCUT2D eigenvalue weighted by atomic mass is 19.4. The molecule has 220 valence electrons. The molecule has 2 aliphatic rings. The van der Waals surface area contributed by atoms with Crippen LogP contribution in [0.5, 0.6) is 17.5 Å². The maximum Gasteiger partial charge on any atom is 0.573 e. The molecule has 13 heteroatoms. The summed E-state index contributed by atoms with van der Waals surface area (Å²) in [6.07, 6.45) is -0.0185. The zero-order valence-corrected chi connectivity index (χ0v) is 22.5. The summed E-state index contributed by atoms with van der Waals surface area (Å²) in [5.74, 6) is 0.322. The summed E-state index contributed by atoms with van der Waals surface area (Å²) in [5, 5.41) is 10.9. The standard InChI is InChI=1S/C28H32F3N5O5/c29-28(30,31)41-24-8-4-21(5-9-24)3-1-2-13-33-15-17-34(18-16-33)22-6-10-23(11-7-22)39-20-25-12-14-35-19-26(36(37)38)32-27(35)40-25/h4-11,19,25H,1-3,12-18,20H2. The summed E-state index contributed by atoms with van der Waals surface area (Å²) in [6, 6.07) is 14.3. The molecule has 0 aliphatic carbocycles.